The van der Waals surface area contributed by atoms with Crippen molar-refractivity contribution in [2.45, 2.75) is 39.3 Å². The summed E-state index contributed by atoms with van der Waals surface area (Å²) in [5, 5.41) is 4.36. The third-order valence-electron chi connectivity index (χ3n) is 3.89. The first kappa shape index (κ1) is 12.6. The molecule has 1 aliphatic rings. The van der Waals surface area contributed by atoms with Crippen LogP contribution in [0.2, 0.25) is 0 Å². The van der Waals surface area contributed by atoms with E-state index in [0.29, 0.717) is 12.0 Å². The zero-order chi connectivity index (χ0) is 12.3. The average molecular weight is 236 g/mol. The highest BCUT2D eigenvalue weighted by Gasteiger charge is 2.24. The number of piperidine rings is 1. The lowest BCUT2D eigenvalue weighted by Gasteiger charge is -2.36. The first-order valence-electron chi connectivity index (χ1n) is 6.71. The molecule has 2 unspecified atom stereocenters. The molecule has 2 N–H and O–H groups in total. The van der Waals surface area contributed by atoms with Crippen molar-refractivity contribution >= 4 is 0 Å². The number of rotatable bonds is 4. The Labute approximate surface area is 104 Å². The minimum absolute atomic E-state index is 0.463. The van der Waals surface area contributed by atoms with E-state index in [1.54, 1.807) is 0 Å². The summed E-state index contributed by atoms with van der Waals surface area (Å²) in [6.07, 6.45) is 6.72. The Balaban J connectivity index is 2.00. The normalized spacial score (nSPS) is 23.8. The Morgan fingerprint density at radius 3 is 3.06 bits per heavy atom. The number of hydrogen-bond donors (Lipinski definition) is 1. The Morgan fingerprint density at radius 2 is 2.41 bits per heavy atom. The molecule has 0 spiro atoms. The van der Waals surface area contributed by atoms with E-state index in [2.05, 4.69) is 30.0 Å². The molecular weight excluding hydrogens is 212 g/mol. The van der Waals surface area contributed by atoms with E-state index in [0.717, 1.165) is 19.6 Å². The van der Waals surface area contributed by atoms with E-state index < -0.39 is 0 Å². The van der Waals surface area contributed by atoms with Crippen LogP contribution in [0, 0.1) is 5.92 Å². The van der Waals surface area contributed by atoms with Crippen molar-refractivity contribution in [3.63, 3.8) is 0 Å². The van der Waals surface area contributed by atoms with E-state index in [-0.39, 0.29) is 0 Å². The van der Waals surface area contributed by atoms with Gasteiger partial charge in [-0.05, 0) is 45.7 Å². The second-order valence-corrected chi connectivity index (χ2v) is 5.04. The van der Waals surface area contributed by atoms with Gasteiger partial charge in [-0.15, -0.1) is 0 Å². The molecule has 1 aromatic heterocycles. The summed E-state index contributed by atoms with van der Waals surface area (Å²) in [6, 6.07) is 0.463. The maximum atomic E-state index is 5.79. The number of aryl methyl sites for hydroxylation is 1. The largest absolute Gasteiger partial charge is 0.330 e. The number of nitrogens with zero attached hydrogens (tertiary/aromatic N) is 3. The Bertz CT molecular complexity index is 347. The van der Waals surface area contributed by atoms with E-state index in [9.17, 15) is 0 Å². The number of hydrogen-bond acceptors (Lipinski definition) is 3. The summed E-state index contributed by atoms with van der Waals surface area (Å²) in [4.78, 5) is 2.54. The molecule has 1 fully saturated rings. The highest BCUT2D eigenvalue weighted by molar-refractivity contribution is 5.10. The van der Waals surface area contributed by atoms with Crippen LogP contribution in [0.5, 0.6) is 0 Å². The van der Waals surface area contributed by atoms with Crippen LogP contribution in [-0.4, -0.2) is 34.3 Å². The second kappa shape index (κ2) is 5.65. The van der Waals surface area contributed by atoms with Crippen molar-refractivity contribution in [1.29, 1.82) is 0 Å². The molecule has 4 heteroatoms. The first-order valence-corrected chi connectivity index (χ1v) is 6.71. The highest BCUT2D eigenvalue weighted by Crippen LogP contribution is 2.25. The van der Waals surface area contributed by atoms with Crippen LogP contribution in [-0.2, 0) is 6.54 Å². The fourth-order valence-electron chi connectivity index (χ4n) is 2.62. The van der Waals surface area contributed by atoms with Gasteiger partial charge in [-0.2, -0.15) is 5.10 Å². The SMILES string of the molecule is CCn1cc(C(C)N2CCCC(CN)C2)cn1. The van der Waals surface area contributed by atoms with Crippen LogP contribution >= 0.6 is 0 Å². The molecule has 0 bridgehead atoms. The molecule has 2 atom stereocenters. The maximum absolute atomic E-state index is 5.79. The maximum Gasteiger partial charge on any atom is 0.0537 e. The smallest absolute Gasteiger partial charge is 0.0537 e. The Morgan fingerprint density at radius 1 is 1.59 bits per heavy atom. The predicted molar refractivity (Wildman–Crippen MR) is 69.7 cm³/mol. The lowest BCUT2D eigenvalue weighted by Crippen LogP contribution is -2.39. The van der Waals surface area contributed by atoms with Gasteiger partial charge in [-0.3, -0.25) is 9.58 Å². The van der Waals surface area contributed by atoms with Gasteiger partial charge in [0.15, 0.2) is 0 Å². The summed E-state index contributed by atoms with van der Waals surface area (Å²) in [6.45, 7) is 8.47. The average Bonchev–Trinajstić information content (AvgIpc) is 2.86. The van der Waals surface area contributed by atoms with Gasteiger partial charge in [0.05, 0.1) is 6.20 Å². The topological polar surface area (TPSA) is 47.1 Å². The molecule has 4 nitrogen and oxygen atoms in total. The van der Waals surface area contributed by atoms with E-state index in [4.69, 9.17) is 5.73 Å². The van der Waals surface area contributed by atoms with Gasteiger partial charge in [-0.25, -0.2) is 0 Å². The summed E-state index contributed by atoms with van der Waals surface area (Å²) in [7, 11) is 0. The molecule has 2 heterocycles. The standard InChI is InChI=1S/C13H24N4/c1-3-17-10-13(8-15-17)11(2)16-6-4-5-12(7-14)9-16/h8,10-12H,3-7,9,14H2,1-2H3. The summed E-state index contributed by atoms with van der Waals surface area (Å²) < 4.78 is 2.00. The molecule has 0 radical (unpaired) electrons. The highest BCUT2D eigenvalue weighted by atomic mass is 15.3. The summed E-state index contributed by atoms with van der Waals surface area (Å²) >= 11 is 0. The van der Waals surface area contributed by atoms with Gasteiger partial charge in [0.25, 0.3) is 0 Å². The van der Waals surface area contributed by atoms with Crippen LogP contribution < -0.4 is 5.73 Å². The number of aromatic nitrogens is 2. The molecule has 0 aliphatic carbocycles. The van der Waals surface area contributed by atoms with E-state index in [1.807, 2.05) is 10.9 Å². The third kappa shape index (κ3) is 2.87. The fourth-order valence-corrected chi connectivity index (χ4v) is 2.62. The molecule has 17 heavy (non-hydrogen) atoms. The molecular formula is C13H24N4. The molecule has 1 aliphatic heterocycles. The van der Waals surface area contributed by atoms with Crippen LogP contribution in [0.3, 0.4) is 0 Å². The number of nitrogens with two attached hydrogens (primary N) is 1. The van der Waals surface area contributed by atoms with Crippen molar-refractivity contribution in [1.82, 2.24) is 14.7 Å². The zero-order valence-corrected chi connectivity index (χ0v) is 11.0. The second-order valence-electron chi connectivity index (χ2n) is 5.04. The van der Waals surface area contributed by atoms with Crippen LogP contribution in [0.1, 0.15) is 38.3 Å². The van der Waals surface area contributed by atoms with Crippen molar-refractivity contribution in [3.05, 3.63) is 18.0 Å². The van der Waals surface area contributed by atoms with Gasteiger partial charge in [0, 0.05) is 30.9 Å². The van der Waals surface area contributed by atoms with Gasteiger partial charge >= 0.3 is 0 Å². The predicted octanol–water partition coefficient (Wildman–Crippen LogP) is 1.63. The molecule has 1 aromatic rings. The lowest BCUT2D eigenvalue weighted by atomic mass is 9.96. The van der Waals surface area contributed by atoms with Gasteiger partial charge in [0.1, 0.15) is 0 Å². The van der Waals surface area contributed by atoms with E-state index in [1.165, 1.54) is 24.9 Å². The fraction of sp³-hybridized carbons (Fsp3) is 0.769. The van der Waals surface area contributed by atoms with Gasteiger partial charge in [0.2, 0.25) is 0 Å². The summed E-state index contributed by atoms with van der Waals surface area (Å²) in [5.41, 5.74) is 7.11. The van der Waals surface area contributed by atoms with Gasteiger partial charge < -0.3 is 5.73 Å². The minimum atomic E-state index is 0.463. The van der Waals surface area contributed by atoms with E-state index >= 15 is 0 Å². The molecule has 2 rings (SSSR count). The molecule has 0 aromatic carbocycles. The molecule has 1 saturated heterocycles. The summed E-state index contributed by atoms with van der Waals surface area (Å²) in [5.74, 6) is 0.674. The first-order chi connectivity index (χ1) is 8.24. The van der Waals surface area contributed by atoms with Crippen molar-refractivity contribution in [2.75, 3.05) is 19.6 Å². The lowest BCUT2D eigenvalue weighted by molar-refractivity contribution is 0.134. The van der Waals surface area contributed by atoms with Crippen molar-refractivity contribution in [2.24, 2.45) is 11.7 Å². The quantitative estimate of drug-likeness (QED) is 0.864. The molecule has 96 valence electrons. The Kier molecular flexibility index (Phi) is 4.18. The minimum Gasteiger partial charge on any atom is -0.330 e. The van der Waals surface area contributed by atoms with Crippen LogP contribution in [0.25, 0.3) is 0 Å². The van der Waals surface area contributed by atoms with Crippen molar-refractivity contribution in [3.8, 4) is 0 Å². The van der Waals surface area contributed by atoms with Crippen molar-refractivity contribution < 1.29 is 0 Å². The van der Waals surface area contributed by atoms with Crippen LogP contribution in [0.15, 0.2) is 12.4 Å². The monoisotopic (exact) mass is 236 g/mol. The zero-order valence-electron chi connectivity index (χ0n) is 11.0. The van der Waals surface area contributed by atoms with Crippen LogP contribution in [0.4, 0.5) is 0 Å². The van der Waals surface area contributed by atoms with Gasteiger partial charge in [-0.1, -0.05) is 0 Å². The molecule has 0 saturated carbocycles. The number of likely N-dealkylation sites (tertiary alicyclic amines) is 1. The third-order valence-corrected chi connectivity index (χ3v) is 3.89. The molecule has 0 amide bonds. The Hall–Kier alpha value is -0.870.